The van der Waals surface area contributed by atoms with E-state index in [1.807, 2.05) is 0 Å². The molecule has 0 aliphatic heterocycles. The molecular weight excluding hydrogens is 288 g/mol. The summed E-state index contributed by atoms with van der Waals surface area (Å²) < 4.78 is 6.74. The van der Waals surface area contributed by atoms with Crippen molar-refractivity contribution in [2.75, 3.05) is 0 Å². The summed E-state index contributed by atoms with van der Waals surface area (Å²) in [6.45, 7) is 13.7. The zero-order chi connectivity index (χ0) is 16.5. The number of hydrogen-bond donors (Lipinski definition) is 0. The van der Waals surface area contributed by atoms with Crippen LogP contribution in [0.4, 0.5) is 0 Å². The Morgan fingerprint density at radius 3 is 2.23 bits per heavy atom. The molecule has 0 saturated heterocycles. The zero-order valence-corrected chi connectivity index (χ0v) is 16.4. The first-order chi connectivity index (χ1) is 10.1. The fourth-order valence-corrected chi connectivity index (χ4v) is 4.75. The number of allylic oxidation sites excluding steroid dienone is 2. The maximum Gasteiger partial charge on any atom is 0.250 e. The predicted molar refractivity (Wildman–Crippen MR) is 95.3 cm³/mol. The van der Waals surface area contributed by atoms with Crippen molar-refractivity contribution in [2.45, 2.75) is 90.8 Å². The van der Waals surface area contributed by atoms with Gasteiger partial charge in [0.15, 0.2) is 0 Å². The van der Waals surface area contributed by atoms with Gasteiger partial charge < -0.3 is 4.43 Å². The molecule has 1 saturated carbocycles. The van der Waals surface area contributed by atoms with Gasteiger partial charge >= 0.3 is 0 Å². The van der Waals surface area contributed by atoms with E-state index in [4.69, 9.17) is 4.43 Å². The van der Waals surface area contributed by atoms with Gasteiger partial charge in [0.25, 0.3) is 0 Å². The number of carbonyl (C=O) groups is 1. The van der Waals surface area contributed by atoms with Crippen molar-refractivity contribution in [3.05, 3.63) is 11.3 Å². The first kappa shape index (κ1) is 17.8. The number of carbonyl (C=O) groups excluding carboxylic acids is 1. The molecule has 0 bridgehead atoms. The average molecular weight is 323 g/mol. The monoisotopic (exact) mass is 322 g/mol. The summed E-state index contributed by atoms with van der Waals surface area (Å²) in [7, 11) is -1.83. The third-order valence-electron chi connectivity index (χ3n) is 6.08. The van der Waals surface area contributed by atoms with Crippen molar-refractivity contribution >= 4 is 14.1 Å². The molecule has 22 heavy (non-hydrogen) atoms. The van der Waals surface area contributed by atoms with E-state index in [9.17, 15) is 4.79 Å². The summed E-state index contributed by atoms with van der Waals surface area (Å²) in [6, 6.07) is 0. The van der Waals surface area contributed by atoms with Crippen LogP contribution in [0.5, 0.6) is 0 Å². The normalized spacial score (nSPS) is 28.0. The Balaban J connectivity index is 2.26. The van der Waals surface area contributed by atoms with Crippen LogP contribution in [0.2, 0.25) is 18.1 Å². The molecule has 3 heteroatoms. The maximum absolute atomic E-state index is 12.4. The minimum atomic E-state index is -1.83. The molecule has 0 aromatic carbocycles. The average Bonchev–Trinajstić information content (AvgIpc) is 2.40. The Labute approximate surface area is 137 Å². The molecule has 2 atom stereocenters. The fraction of sp³-hybridized carbons (Fsp3) is 0.842. The van der Waals surface area contributed by atoms with Crippen LogP contribution in [0.1, 0.15) is 72.6 Å². The van der Waals surface area contributed by atoms with Crippen LogP contribution in [0.15, 0.2) is 11.3 Å². The van der Waals surface area contributed by atoms with Crippen molar-refractivity contribution < 1.29 is 9.22 Å². The lowest BCUT2D eigenvalue weighted by Crippen LogP contribution is -2.43. The van der Waals surface area contributed by atoms with E-state index in [1.54, 1.807) is 0 Å². The van der Waals surface area contributed by atoms with Gasteiger partial charge in [-0.1, -0.05) is 27.2 Å². The van der Waals surface area contributed by atoms with Crippen LogP contribution >= 0.6 is 0 Å². The van der Waals surface area contributed by atoms with Gasteiger partial charge in [-0.2, -0.15) is 0 Å². The molecule has 0 N–H and O–H groups in total. The Morgan fingerprint density at radius 2 is 1.64 bits per heavy atom. The van der Waals surface area contributed by atoms with Gasteiger partial charge in [-0.3, -0.25) is 4.79 Å². The van der Waals surface area contributed by atoms with Crippen molar-refractivity contribution in [3.63, 3.8) is 0 Å². The number of ketones is 1. The minimum Gasteiger partial charge on any atom is -0.546 e. The van der Waals surface area contributed by atoms with Crippen molar-refractivity contribution in [1.82, 2.24) is 0 Å². The smallest absolute Gasteiger partial charge is 0.250 e. The Bertz CT molecular complexity index is 457. The maximum atomic E-state index is 12.4. The standard InChI is InChI=1S/C19H34O2Si/c1-14-10-9-12-16(15-11-7-8-13-17(15)20)18(14)21-22(5,6)19(2,3)4/h15-16H,7-13H2,1-6H3. The van der Waals surface area contributed by atoms with Crippen molar-refractivity contribution in [2.24, 2.45) is 11.8 Å². The second-order valence-corrected chi connectivity index (χ2v) is 13.5. The SMILES string of the molecule is CC1=C(O[Si](C)(C)C(C)(C)C)C(C2CCCCC2=O)CCC1. The molecule has 1 fully saturated rings. The Hall–Kier alpha value is -0.573. The van der Waals surface area contributed by atoms with Crippen LogP contribution < -0.4 is 0 Å². The molecule has 2 aliphatic carbocycles. The second-order valence-electron chi connectivity index (χ2n) is 8.82. The summed E-state index contributed by atoms with van der Waals surface area (Å²) in [5.74, 6) is 2.28. The summed E-state index contributed by atoms with van der Waals surface area (Å²) in [4.78, 5) is 12.4. The number of hydrogen-bond acceptors (Lipinski definition) is 2. The highest BCUT2D eigenvalue weighted by Gasteiger charge is 2.43. The van der Waals surface area contributed by atoms with E-state index in [0.29, 0.717) is 11.7 Å². The Morgan fingerprint density at radius 1 is 1.00 bits per heavy atom. The minimum absolute atomic E-state index is 0.207. The first-order valence-electron chi connectivity index (χ1n) is 9.05. The van der Waals surface area contributed by atoms with E-state index in [2.05, 4.69) is 40.8 Å². The second kappa shape index (κ2) is 6.50. The van der Waals surface area contributed by atoms with Crippen molar-refractivity contribution in [1.29, 1.82) is 0 Å². The third kappa shape index (κ3) is 3.66. The highest BCUT2D eigenvalue weighted by molar-refractivity contribution is 6.74. The largest absolute Gasteiger partial charge is 0.546 e. The summed E-state index contributed by atoms with van der Waals surface area (Å²) in [6.07, 6.45) is 7.64. The lowest BCUT2D eigenvalue weighted by molar-refractivity contribution is -0.126. The van der Waals surface area contributed by atoms with Gasteiger partial charge in [0.1, 0.15) is 5.78 Å². The van der Waals surface area contributed by atoms with E-state index in [0.717, 1.165) is 32.1 Å². The van der Waals surface area contributed by atoms with E-state index < -0.39 is 8.32 Å². The molecule has 0 amide bonds. The molecule has 126 valence electrons. The summed E-state index contributed by atoms with van der Waals surface area (Å²) >= 11 is 0. The van der Waals surface area contributed by atoms with Gasteiger partial charge in [0, 0.05) is 18.3 Å². The van der Waals surface area contributed by atoms with Gasteiger partial charge in [-0.25, -0.2) is 0 Å². The molecular formula is C19H34O2Si. The van der Waals surface area contributed by atoms with Gasteiger partial charge in [0.05, 0.1) is 5.76 Å². The molecule has 0 spiro atoms. The van der Waals surface area contributed by atoms with Gasteiger partial charge in [-0.15, -0.1) is 0 Å². The van der Waals surface area contributed by atoms with E-state index >= 15 is 0 Å². The summed E-state index contributed by atoms with van der Waals surface area (Å²) in [5, 5.41) is 0.207. The zero-order valence-electron chi connectivity index (χ0n) is 15.4. The highest BCUT2D eigenvalue weighted by atomic mass is 28.4. The molecule has 0 aromatic heterocycles. The van der Waals surface area contributed by atoms with Gasteiger partial charge in [0.2, 0.25) is 8.32 Å². The molecule has 2 rings (SSSR count). The predicted octanol–water partition coefficient (Wildman–Crippen LogP) is 5.84. The molecule has 2 unspecified atom stereocenters. The fourth-order valence-electron chi connectivity index (χ4n) is 3.57. The van der Waals surface area contributed by atoms with Crippen LogP contribution in [0, 0.1) is 11.8 Å². The molecule has 0 radical (unpaired) electrons. The van der Waals surface area contributed by atoms with E-state index in [1.165, 1.54) is 24.2 Å². The van der Waals surface area contributed by atoms with Crippen LogP contribution in [-0.2, 0) is 9.22 Å². The molecule has 2 aliphatic rings. The summed E-state index contributed by atoms with van der Waals surface area (Å²) in [5.41, 5.74) is 1.40. The van der Waals surface area contributed by atoms with Crippen LogP contribution in [-0.4, -0.2) is 14.1 Å². The topological polar surface area (TPSA) is 26.3 Å². The molecule has 2 nitrogen and oxygen atoms in total. The van der Waals surface area contributed by atoms with Crippen molar-refractivity contribution in [3.8, 4) is 0 Å². The third-order valence-corrected chi connectivity index (χ3v) is 10.4. The lowest BCUT2D eigenvalue weighted by Gasteiger charge is -2.43. The number of rotatable bonds is 3. The first-order valence-corrected chi connectivity index (χ1v) is 12.0. The molecule has 0 aromatic rings. The quantitative estimate of drug-likeness (QED) is 0.610. The van der Waals surface area contributed by atoms with Crippen LogP contribution in [0.3, 0.4) is 0 Å². The lowest BCUT2D eigenvalue weighted by atomic mass is 9.73. The molecule has 0 heterocycles. The van der Waals surface area contributed by atoms with Crippen LogP contribution in [0.25, 0.3) is 0 Å². The Kier molecular flexibility index (Phi) is 5.26. The highest BCUT2D eigenvalue weighted by Crippen LogP contribution is 2.45. The van der Waals surface area contributed by atoms with Gasteiger partial charge in [-0.05, 0) is 62.7 Å². The van der Waals surface area contributed by atoms with E-state index in [-0.39, 0.29) is 11.0 Å². The number of Topliss-reactive ketones (excluding diaryl/α,β-unsaturated/α-hetero) is 1.